The van der Waals surface area contributed by atoms with Crippen molar-refractivity contribution in [2.75, 3.05) is 42.9 Å². The molecule has 130 valence electrons. The Kier molecular flexibility index (Phi) is 5.20. The van der Waals surface area contributed by atoms with Crippen molar-refractivity contribution in [3.8, 4) is 0 Å². The van der Waals surface area contributed by atoms with Gasteiger partial charge in [0.25, 0.3) is 5.69 Å². The maximum atomic E-state index is 12.1. The molecule has 1 saturated heterocycles. The number of anilines is 2. The van der Waals surface area contributed by atoms with Crippen molar-refractivity contribution in [1.82, 2.24) is 9.88 Å². The number of nitro benzene ring substituents is 1. The van der Waals surface area contributed by atoms with E-state index in [1.165, 1.54) is 24.3 Å². The van der Waals surface area contributed by atoms with Crippen LogP contribution in [0.3, 0.4) is 0 Å². The Morgan fingerprint density at radius 3 is 2.44 bits per heavy atom. The highest BCUT2D eigenvalue weighted by Gasteiger charge is 2.19. The molecule has 0 aliphatic carbocycles. The zero-order valence-electron chi connectivity index (χ0n) is 13.7. The maximum absolute atomic E-state index is 12.1. The van der Waals surface area contributed by atoms with Crippen LogP contribution in [0.2, 0.25) is 0 Å². The van der Waals surface area contributed by atoms with Gasteiger partial charge in [0.1, 0.15) is 5.82 Å². The number of carbonyl (C=O) groups excluding carboxylic acids is 1. The Hall–Kier alpha value is -3.00. The predicted octanol–water partition coefficient (Wildman–Crippen LogP) is 1.75. The molecule has 1 amide bonds. The molecule has 3 rings (SSSR count). The molecule has 1 aromatic carbocycles. The summed E-state index contributed by atoms with van der Waals surface area (Å²) in [5.41, 5.74) is 0.561. The molecule has 0 bridgehead atoms. The second-order valence-corrected chi connectivity index (χ2v) is 5.80. The molecule has 1 aromatic heterocycles. The average Bonchev–Trinajstić information content (AvgIpc) is 2.63. The van der Waals surface area contributed by atoms with Crippen LogP contribution in [0, 0.1) is 10.1 Å². The van der Waals surface area contributed by atoms with E-state index < -0.39 is 4.92 Å². The van der Waals surface area contributed by atoms with Crippen LogP contribution < -0.4 is 10.2 Å². The molecular weight excluding hydrogens is 322 g/mol. The molecule has 2 aromatic rings. The molecule has 0 spiro atoms. The number of nitrogens with zero attached hydrogens (tertiary/aromatic N) is 4. The number of amides is 1. The Morgan fingerprint density at radius 1 is 1.12 bits per heavy atom. The molecule has 25 heavy (non-hydrogen) atoms. The van der Waals surface area contributed by atoms with Crippen molar-refractivity contribution in [3.05, 3.63) is 58.8 Å². The van der Waals surface area contributed by atoms with Crippen LogP contribution in [-0.2, 0) is 4.79 Å². The minimum atomic E-state index is -0.466. The van der Waals surface area contributed by atoms with Crippen LogP contribution in [0.15, 0.2) is 48.7 Å². The number of aromatic nitrogens is 1. The Morgan fingerprint density at radius 2 is 1.84 bits per heavy atom. The van der Waals surface area contributed by atoms with Gasteiger partial charge in [0.2, 0.25) is 5.91 Å². The second kappa shape index (κ2) is 7.71. The number of non-ortho nitro benzene ring substituents is 1. The number of carbonyl (C=O) groups is 1. The third-order valence-electron chi connectivity index (χ3n) is 4.07. The fourth-order valence-electron chi connectivity index (χ4n) is 2.75. The zero-order valence-corrected chi connectivity index (χ0v) is 13.7. The molecule has 0 atom stereocenters. The Bertz CT molecular complexity index is 728. The lowest BCUT2D eigenvalue weighted by atomic mass is 10.2. The Labute approximate surface area is 145 Å². The smallest absolute Gasteiger partial charge is 0.269 e. The van der Waals surface area contributed by atoms with Gasteiger partial charge in [0.15, 0.2) is 0 Å². The topological polar surface area (TPSA) is 91.6 Å². The molecule has 0 radical (unpaired) electrons. The maximum Gasteiger partial charge on any atom is 0.269 e. The van der Waals surface area contributed by atoms with E-state index in [0.29, 0.717) is 12.2 Å². The average molecular weight is 341 g/mol. The van der Waals surface area contributed by atoms with Crippen LogP contribution in [0.4, 0.5) is 17.2 Å². The SMILES string of the molecule is O=C(CN1CCN(c2ccccn2)CC1)Nc1ccc([N+](=O)[O-])cc1. The van der Waals surface area contributed by atoms with E-state index in [-0.39, 0.29) is 11.6 Å². The summed E-state index contributed by atoms with van der Waals surface area (Å²) in [6.45, 7) is 3.51. The molecular formula is C17H19N5O3. The molecule has 1 aliphatic rings. The van der Waals surface area contributed by atoms with E-state index in [2.05, 4.69) is 20.1 Å². The minimum Gasteiger partial charge on any atom is -0.354 e. The number of benzene rings is 1. The van der Waals surface area contributed by atoms with Crippen LogP contribution in [0.25, 0.3) is 0 Å². The summed E-state index contributed by atoms with van der Waals surface area (Å²) in [7, 11) is 0. The van der Waals surface area contributed by atoms with Gasteiger partial charge < -0.3 is 10.2 Å². The number of nitrogens with one attached hydrogen (secondary N) is 1. The highest BCUT2D eigenvalue weighted by Crippen LogP contribution is 2.16. The highest BCUT2D eigenvalue weighted by atomic mass is 16.6. The summed E-state index contributed by atoms with van der Waals surface area (Å²) in [6.07, 6.45) is 1.78. The van der Waals surface area contributed by atoms with Crippen molar-refractivity contribution in [1.29, 1.82) is 0 Å². The molecule has 0 saturated carbocycles. The standard InChI is InChI=1S/C17H19N5O3/c23-17(19-14-4-6-15(7-5-14)22(24)25)13-20-9-11-21(12-10-20)16-3-1-2-8-18-16/h1-8H,9-13H2,(H,19,23). The van der Waals surface area contributed by atoms with Crippen molar-refractivity contribution < 1.29 is 9.72 Å². The molecule has 1 aliphatic heterocycles. The minimum absolute atomic E-state index is 0.00337. The summed E-state index contributed by atoms with van der Waals surface area (Å²) < 4.78 is 0. The van der Waals surface area contributed by atoms with Gasteiger partial charge in [-0.2, -0.15) is 0 Å². The lowest BCUT2D eigenvalue weighted by molar-refractivity contribution is -0.384. The number of hydrogen-bond donors (Lipinski definition) is 1. The third-order valence-corrected chi connectivity index (χ3v) is 4.07. The highest BCUT2D eigenvalue weighted by molar-refractivity contribution is 5.92. The summed E-state index contributed by atoms with van der Waals surface area (Å²) >= 11 is 0. The third kappa shape index (κ3) is 4.51. The monoisotopic (exact) mass is 341 g/mol. The summed E-state index contributed by atoms with van der Waals surface area (Å²) in [6, 6.07) is 11.7. The quantitative estimate of drug-likeness (QED) is 0.658. The van der Waals surface area contributed by atoms with E-state index in [0.717, 1.165) is 32.0 Å². The van der Waals surface area contributed by atoms with Crippen molar-refractivity contribution in [2.24, 2.45) is 0 Å². The van der Waals surface area contributed by atoms with Crippen LogP contribution in [0.5, 0.6) is 0 Å². The van der Waals surface area contributed by atoms with Crippen LogP contribution in [0.1, 0.15) is 0 Å². The van der Waals surface area contributed by atoms with Gasteiger partial charge in [-0.15, -0.1) is 0 Å². The summed E-state index contributed by atoms with van der Waals surface area (Å²) in [5.74, 6) is 0.831. The number of rotatable bonds is 5. The van der Waals surface area contributed by atoms with Gasteiger partial charge in [0.05, 0.1) is 11.5 Å². The lowest BCUT2D eigenvalue weighted by Gasteiger charge is -2.34. The Balaban J connectivity index is 1.47. The van der Waals surface area contributed by atoms with Gasteiger partial charge >= 0.3 is 0 Å². The van der Waals surface area contributed by atoms with Gasteiger partial charge in [-0.25, -0.2) is 4.98 Å². The number of hydrogen-bond acceptors (Lipinski definition) is 6. The van der Waals surface area contributed by atoms with Gasteiger partial charge in [-0.05, 0) is 24.3 Å². The van der Waals surface area contributed by atoms with E-state index in [1.807, 2.05) is 18.2 Å². The van der Waals surface area contributed by atoms with Gasteiger partial charge in [-0.3, -0.25) is 19.8 Å². The zero-order chi connectivity index (χ0) is 17.6. The molecule has 8 nitrogen and oxygen atoms in total. The summed E-state index contributed by atoms with van der Waals surface area (Å²) in [4.78, 5) is 30.9. The fraction of sp³-hybridized carbons (Fsp3) is 0.294. The largest absolute Gasteiger partial charge is 0.354 e. The first-order valence-electron chi connectivity index (χ1n) is 8.04. The molecule has 0 unspecified atom stereocenters. The molecule has 1 N–H and O–H groups in total. The van der Waals surface area contributed by atoms with Crippen LogP contribution in [-0.4, -0.2) is 53.4 Å². The number of piperazine rings is 1. The van der Waals surface area contributed by atoms with E-state index >= 15 is 0 Å². The van der Waals surface area contributed by atoms with E-state index in [9.17, 15) is 14.9 Å². The van der Waals surface area contributed by atoms with Crippen molar-refractivity contribution in [2.45, 2.75) is 0 Å². The first-order valence-corrected chi connectivity index (χ1v) is 8.04. The number of pyridine rings is 1. The molecule has 8 heteroatoms. The first-order chi connectivity index (χ1) is 12.1. The second-order valence-electron chi connectivity index (χ2n) is 5.80. The van der Waals surface area contributed by atoms with Gasteiger partial charge in [0, 0.05) is 50.2 Å². The number of nitro groups is 1. The lowest BCUT2D eigenvalue weighted by Crippen LogP contribution is -2.48. The van der Waals surface area contributed by atoms with Gasteiger partial charge in [-0.1, -0.05) is 6.07 Å². The van der Waals surface area contributed by atoms with E-state index in [4.69, 9.17) is 0 Å². The summed E-state index contributed by atoms with van der Waals surface area (Å²) in [5, 5.41) is 13.4. The molecule has 2 heterocycles. The van der Waals surface area contributed by atoms with Crippen molar-refractivity contribution >= 4 is 23.1 Å². The fourth-order valence-corrected chi connectivity index (χ4v) is 2.75. The normalized spacial score (nSPS) is 15.0. The predicted molar refractivity (Wildman–Crippen MR) is 94.6 cm³/mol. The van der Waals surface area contributed by atoms with Crippen LogP contribution >= 0.6 is 0 Å². The first kappa shape index (κ1) is 16.8. The van der Waals surface area contributed by atoms with Crippen molar-refractivity contribution in [3.63, 3.8) is 0 Å². The van der Waals surface area contributed by atoms with E-state index in [1.54, 1.807) is 6.20 Å². The molecule has 1 fully saturated rings.